The first kappa shape index (κ1) is 14.5. The van der Waals surface area contributed by atoms with Gasteiger partial charge in [-0.05, 0) is 24.2 Å². The smallest absolute Gasteiger partial charge is 0.229 e. The Kier molecular flexibility index (Phi) is 3.74. The zero-order chi connectivity index (χ0) is 14.3. The van der Waals surface area contributed by atoms with Crippen molar-refractivity contribution in [3.05, 3.63) is 11.7 Å². The zero-order valence-corrected chi connectivity index (χ0v) is 12.9. The lowest BCUT2D eigenvalue weighted by Gasteiger charge is -2.46. The van der Waals surface area contributed by atoms with Gasteiger partial charge in [-0.2, -0.15) is 4.98 Å². The molecule has 1 aliphatic carbocycles. The molecule has 1 heterocycles. The van der Waals surface area contributed by atoms with Crippen molar-refractivity contribution in [1.29, 1.82) is 0 Å². The van der Waals surface area contributed by atoms with Crippen LogP contribution in [-0.2, 0) is 5.54 Å². The molecule has 4 nitrogen and oxygen atoms in total. The zero-order valence-electron chi connectivity index (χ0n) is 12.9. The summed E-state index contributed by atoms with van der Waals surface area (Å²) in [4.78, 5) is 4.57. The van der Waals surface area contributed by atoms with Gasteiger partial charge in [-0.25, -0.2) is 0 Å². The van der Waals surface area contributed by atoms with Crippen molar-refractivity contribution in [2.24, 2.45) is 17.1 Å². The first-order valence-corrected chi connectivity index (χ1v) is 7.38. The van der Waals surface area contributed by atoms with Gasteiger partial charge in [-0.1, -0.05) is 52.6 Å². The summed E-state index contributed by atoms with van der Waals surface area (Å²) < 4.78 is 5.36. The second kappa shape index (κ2) is 4.89. The van der Waals surface area contributed by atoms with Gasteiger partial charge >= 0.3 is 0 Å². The third-order valence-corrected chi connectivity index (χ3v) is 4.35. The monoisotopic (exact) mass is 265 g/mol. The van der Waals surface area contributed by atoms with Crippen molar-refractivity contribution < 1.29 is 4.52 Å². The molecule has 2 rings (SSSR count). The molecule has 0 aliphatic heterocycles. The van der Waals surface area contributed by atoms with E-state index in [0.29, 0.717) is 17.6 Å². The van der Waals surface area contributed by atoms with Crippen molar-refractivity contribution in [2.75, 3.05) is 0 Å². The van der Waals surface area contributed by atoms with Crippen LogP contribution in [0.1, 0.15) is 77.9 Å². The quantitative estimate of drug-likeness (QED) is 0.887. The van der Waals surface area contributed by atoms with Gasteiger partial charge < -0.3 is 10.3 Å². The van der Waals surface area contributed by atoms with E-state index in [1.807, 2.05) is 0 Å². The summed E-state index contributed by atoms with van der Waals surface area (Å²) in [6.07, 6.45) is 4.49. The van der Waals surface area contributed by atoms with Gasteiger partial charge in [0.15, 0.2) is 5.82 Å². The summed E-state index contributed by atoms with van der Waals surface area (Å²) in [5.41, 5.74) is 6.46. The van der Waals surface area contributed by atoms with Gasteiger partial charge in [0, 0.05) is 5.92 Å². The molecule has 0 bridgehead atoms. The minimum absolute atomic E-state index is 0.161. The fourth-order valence-electron chi connectivity index (χ4n) is 3.33. The van der Waals surface area contributed by atoms with Crippen LogP contribution >= 0.6 is 0 Å². The molecule has 0 aromatic carbocycles. The van der Waals surface area contributed by atoms with Crippen LogP contribution in [0.5, 0.6) is 0 Å². The Hall–Kier alpha value is -0.900. The standard InChI is InChI=1S/C15H27N3O/c1-10(2)12-17-13(18-19-12)15(16)9-7-6-8-11(15)14(3,4)5/h10-11H,6-9,16H2,1-5H3. The molecule has 1 saturated carbocycles. The van der Waals surface area contributed by atoms with Gasteiger partial charge in [0.2, 0.25) is 5.89 Å². The molecule has 2 atom stereocenters. The van der Waals surface area contributed by atoms with E-state index in [4.69, 9.17) is 10.3 Å². The van der Waals surface area contributed by atoms with E-state index in [2.05, 4.69) is 44.8 Å². The second-order valence-electron chi connectivity index (χ2n) is 7.32. The fourth-order valence-corrected chi connectivity index (χ4v) is 3.33. The van der Waals surface area contributed by atoms with Crippen LogP contribution in [-0.4, -0.2) is 10.1 Å². The van der Waals surface area contributed by atoms with Crippen molar-refractivity contribution in [3.63, 3.8) is 0 Å². The average Bonchev–Trinajstić information content (AvgIpc) is 2.77. The van der Waals surface area contributed by atoms with Crippen molar-refractivity contribution in [3.8, 4) is 0 Å². The number of nitrogens with zero attached hydrogens (tertiary/aromatic N) is 2. The van der Waals surface area contributed by atoms with E-state index in [1.54, 1.807) is 0 Å². The number of hydrogen-bond acceptors (Lipinski definition) is 4. The van der Waals surface area contributed by atoms with E-state index < -0.39 is 5.54 Å². The summed E-state index contributed by atoms with van der Waals surface area (Å²) in [6, 6.07) is 0. The van der Waals surface area contributed by atoms with Crippen LogP contribution < -0.4 is 5.73 Å². The molecule has 108 valence electrons. The van der Waals surface area contributed by atoms with E-state index in [0.717, 1.165) is 19.3 Å². The third kappa shape index (κ3) is 2.69. The Balaban J connectivity index is 2.36. The SMILES string of the molecule is CC(C)c1nc(C2(N)CCCCC2C(C)(C)C)no1. The third-order valence-electron chi connectivity index (χ3n) is 4.35. The van der Waals surface area contributed by atoms with E-state index in [9.17, 15) is 0 Å². The molecule has 1 fully saturated rings. The lowest BCUT2D eigenvalue weighted by molar-refractivity contribution is 0.0698. The van der Waals surface area contributed by atoms with Crippen LogP contribution in [0, 0.1) is 11.3 Å². The Bertz CT molecular complexity index is 433. The van der Waals surface area contributed by atoms with Crippen LogP contribution in [0.25, 0.3) is 0 Å². The molecule has 2 N–H and O–H groups in total. The minimum atomic E-state index is -0.437. The van der Waals surface area contributed by atoms with Gasteiger partial charge in [0.1, 0.15) is 0 Å². The topological polar surface area (TPSA) is 64.9 Å². The maximum Gasteiger partial charge on any atom is 0.229 e. The normalized spacial score (nSPS) is 28.9. The molecule has 1 aliphatic rings. The lowest BCUT2D eigenvalue weighted by atomic mass is 9.62. The summed E-state index contributed by atoms with van der Waals surface area (Å²) in [7, 11) is 0. The Morgan fingerprint density at radius 3 is 2.53 bits per heavy atom. The molecular formula is C15H27N3O. The van der Waals surface area contributed by atoms with Crippen molar-refractivity contribution >= 4 is 0 Å². The maximum absolute atomic E-state index is 6.74. The molecule has 1 aromatic rings. The molecule has 2 unspecified atom stereocenters. The summed E-state index contributed by atoms with van der Waals surface area (Å²) in [5.74, 6) is 2.04. The van der Waals surface area contributed by atoms with Gasteiger partial charge in [-0.3, -0.25) is 0 Å². The first-order valence-electron chi connectivity index (χ1n) is 7.38. The number of nitrogens with two attached hydrogens (primary N) is 1. The highest BCUT2D eigenvalue weighted by Gasteiger charge is 2.47. The van der Waals surface area contributed by atoms with E-state index in [1.165, 1.54) is 6.42 Å². The predicted molar refractivity (Wildman–Crippen MR) is 75.7 cm³/mol. The fraction of sp³-hybridized carbons (Fsp3) is 0.867. The highest BCUT2D eigenvalue weighted by molar-refractivity contribution is 5.11. The molecule has 0 amide bonds. The highest BCUT2D eigenvalue weighted by atomic mass is 16.5. The average molecular weight is 265 g/mol. The van der Waals surface area contributed by atoms with Crippen LogP contribution in [0.2, 0.25) is 0 Å². The summed E-state index contributed by atoms with van der Waals surface area (Å²) in [5, 5.41) is 4.19. The van der Waals surface area contributed by atoms with E-state index >= 15 is 0 Å². The lowest BCUT2D eigenvalue weighted by Crippen LogP contribution is -2.51. The Labute approximate surface area is 116 Å². The molecule has 1 aromatic heterocycles. The van der Waals surface area contributed by atoms with Crippen LogP contribution in [0.15, 0.2) is 4.52 Å². The molecular weight excluding hydrogens is 238 g/mol. The molecule has 0 saturated heterocycles. The summed E-state index contributed by atoms with van der Waals surface area (Å²) >= 11 is 0. The van der Waals surface area contributed by atoms with Gasteiger partial charge in [-0.15, -0.1) is 0 Å². The second-order valence-corrected chi connectivity index (χ2v) is 7.32. The minimum Gasteiger partial charge on any atom is -0.339 e. The summed E-state index contributed by atoms with van der Waals surface area (Å²) in [6.45, 7) is 10.9. The molecule has 0 radical (unpaired) electrons. The van der Waals surface area contributed by atoms with Gasteiger partial charge in [0.05, 0.1) is 5.54 Å². The van der Waals surface area contributed by atoms with Crippen LogP contribution in [0.4, 0.5) is 0 Å². The van der Waals surface area contributed by atoms with E-state index in [-0.39, 0.29) is 11.3 Å². The predicted octanol–water partition coefficient (Wildman–Crippen LogP) is 3.58. The number of rotatable bonds is 2. The maximum atomic E-state index is 6.74. The number of aromatic nitrogens is 2. The first-order chi connectivity index (χ1) is 8.75. The number of hydrogen-bond donors (Lipinski definition) is 1. The highest BCUT2D eigenvalue weighted by Crippen LogP contribution is 2.47. The van der Waals surface area contributed by atoms with Crippen molar-refractivity contribution in [1.82, 2.24) is 10.1 Å². The molecule has 19 heavy (non-hydrogen) atoms. The molecule has 0 spiro atoms. The van der Waals surface area contributed by atoms with Crippen molar-refractivity contribution in [2.45, 2.75) is 71.8 Å². The largest absolute Gasteiger partial charge is 0.339 e. The van der Waals surface area contributed by atoms with Crippen LogP contribution in [0.3, 0.4) is 0 Å². The van der Waals surface area contributed by atoms with Gasteiger partial charge in [0.25, 0.3) is 0 Å². The molecule has 4 heteroatoms. The Morgan fingerprint density at radius 1 is 1.32 bits per heavy atom. The Morgan fingerprint density at radius 2 is 2.00 bits per heavy atom.